The lowest BCUT2D eigenvalue weighted by atomic mass is 9.77. The van der Waals surface area contributed by atoms with Crippen molar-refractivity contribution < 1.29 is 69.2 Å². The van der Waals surface area contributed by atoms with Crippen molar-refractivity contribution in [1.82, 2.24) is 0 Å². The molecular formula is C42H47B6BrN2O15. The molecule has 3 heterocycles. The molecule has 66 heavy (non-hydrogen) atoms. The van der Waals surface area contributed by atoms with Gasteiger partial charge in [0.15, 0.2) is 0 Å². The highest BCUT2D eigenvalue weighted by Gasteiger charge is 2.29. The average Bonchev–Trinajstić information content (AvgIpc) is 4.02. The van der Waals surface area contributed by atoms with Crippen LogP contribution >= 0.6 is 15.9 Å². The molecule has 340 valence electrons. The molecule has 17 nitrogen and oxygen atoms in total. The molecule has 0 bridgehead atoms. The number of non-ortho nitro benzene ring substituents is 1. The van der Waals surface area contributed by atoms with Crippen LogP contribution < -0.4 is 38.5 Å². The molecule has 3 aliphatic heterocycles. The Morgan fingerprint density at radius 3 is 1.47 bits per heavy atom. The second-order valence-corrected chi connectivity index (χ2v) is 15.0. The number of rotatable bonds is 6. The van der Waals surface area contributed by atoms with E-state index in [1.807, 2.05) is 61.5 Å². The van der Waals surface area contributed by atoms with E-state index in [2.05, 4.69) is 15.9 Å². The third kappa shape index (κ3) is 15.8. The van der Waals surface area contributed by atoms with Gasteiger partial charge in [-0.1, -0.05) is 131 Å². The van der Waals surface area contributed by atoms with Gasteiger partial charge in [-0.25, -0.2) is 0 Å². The van der Waals surface area contributed by atoms with Crippen molar-refractivity contribution >= 4 is 103 Å². The van der Waals surface area contributed by atoms with Crippen molar-refractivity contribution in [3.63, 3.8) is 0 Å². The van der Waals surface area contributed by atoms with Gasteiger partial charge < -0.3 is 70.0 Å². The summed E-state index contributed by atoms with van der Waals surface area (Å²) < 4.78 is 14.8. The van der Waals surface area contributed by atoms with Crippen LogP contribution in [0.2, 0.25) is 0 Å². The number of nitrogen functional groups attached to an aromatic ring is 1. The molecule has 12 N–H and O–H groups in total. The second-order valence-electron chi connectivity index (χ2n) is 14.5. The molecule has 6 aromatic carbocycles. The van der Waals surface area contributed by atoms with Crippen LogP contribution in [0.5, 0.6) is 0 Å². The summed E-state index contributed by atoms with van der Waals surface area (Å²) in [5.41, 5.74) is 15.1. The lowest BCUT2D eigenvalue weighted by molar-refractivity contribution is -0.384. The van der Waals surface area contributed by atoms with Crippen LogP contribution in [0.3, 0.4) is 0 Å². The molecule has 0 aliphatic carbocycles. The summed E-state index contributed by atoms with van der Waals surface area (Å²) in [6.07, 6.45) is 0. The number of halogens is 1. The molecule has 0 amide bonds. The summed E-state index contributed by atoms with van der Waals surface area (Å²) in [6.45, 7) is 3.01. The van der Waals surface area contributed by atoms with Gasteiger partial charge in [-0.05, 0) is 79.7 Å². The van der Waals surface area contributed by atoms with Crippen molar-refractivity contribution in [2.45, 2.75) is 38.7 Å². The number of hydrogen-bond acceptors (Lipinski definition) is 16. The number of hydrogen-bond donors (Lipinski definition) is 11. The summed E-state index contributed by atoms with van der Waals surface area (Å²) in [7, 11) is -6.72. The van der Waals surface area contributed by atoms with Crippen LogP contribution in [0.25, 0.3) is 0 Å². The normalized spacial score (nSPS) is 12.4. The number of nitrogens with zero attached hydrogens (tertiary/aromatic N) is 1. The highest BCUT2D eigenvalue weighted by molar-refractivity contribution is 9.08. The number of benzene rings is 6. The number of aryl methyl sites for hydroxylation is 1. The second kappa shape index (κ2) is 26.9. The van der Waals surface area contributed by atoms with Gasteiger partial charge >= 0.3 is 42.7 Å². The Morgan fingerprint density at radius 1 is 0.591 bits per heavy atom. The summed E-state index contributed by atoms with van der Waals surface area (Å²) in [5, 5.41) is 100. The predicted molar refractivity (Wildman–Crippen MR) is 260 cm³/mol. The molecule has 0 saturated heterocycles. The molecule has 3 aliphatic rings. The van der Waals surface area contributed by atoms with Gasteiger partial charge in [0.25, 0.3) is 5.69 Å². The molecule has 0 atom stereocenters. The first-order valence-corrected chi connectivity index (χ1v) is 21.3. The molecule has 9 rings (SSSR count). The van der Waals surface area contributed by atoms with Gasteiger partial charge in [0, 0.05) is 23.2 Å². The number of aliphatic hydroxyl groups is 1. The number of anilines is 1. The van der Waals surface area contributed by atoms with Crippen LogP contribution in [-0.4, -0.2) is 98.0 Å². The van der Waals surface area contributed by atoms with E-state index in [1.54, 1.807) is 66.7 Å². The van der Waals surface area contributed by atoms with E-state index in [9.17, 15) is 20.2 Å². The van der Waals surface area contributed by atoms with E-state index in [0.29, 0.717) is 58.3 Å². The van der Waals surface area contributed by atoms with E-state index in [-0.39, 0.29) is 12.3 Å². The monoisotopic (exact) mass is 964 g/mol. The maximum Gasteiger partial charge on any atom is 0.492 e. The van der Waals surface area contributed by atoms with Crippen molar-refractivity contribution in [1.29, 1.82) is 0 Å². The molecule has 0 spiro atoms. The van der Waals surface area contributed by atoms with Gasteiger partial charge in [-0.3, -0.25) is 10.1 Å². The zero-order valence-corrected chi connectivity index (χ0v) is 37.2. The molecular weight excluding hydrogens is 917 g/mol. The van der Waals surface area contributed by atoms with Gasteiger partial charge in [0.05, 0.1) is 31.4 Å². The van der Waals surface area contributed by atoms with Gasteiger partial charge in [-0.15, -0.1) is 0 Å². The number of nitrogens with two attached hydrogens (primary N) is 1. The van der Waals surface area contributed by atoms with Crippen molar-refractivity contribution in [2.75, 3.05) is 5.73 Å². The maximum absolute atomic E-state index is 10.4. The highest BCUT2D eigenvalue weighted by atomic mass is 79.9. The Hall–Kier alpha value is -5.13. The topological polar surface area (TPSA) is 299 Å². The molecule has 0 saturated carbocycles. The zero-order chi connectivity index (χ0) is 48.3. The van der Waals surface area contributed by atoms with E-state index in [4.69, 9.17) is 60.0 Å². The number of nitro benzene ring substituents is 1. The number of fused-ring (bicyclic) bond motifs is 3. The maximum atomic E-state index is 10.4. The van der Waals surface area contributed by atoms with Crippen molar-refractivity contribution in [2.24, 2.45) is 0 Å². The van der Waals surface area contributed by atoms with E-state index >= 15 is 0 Å². The Morgan fingerprint density at radius 2 is 1.02 bits per heavy atom. The fraction of sp³-hybridized carbons (Fsp3) is 0.143. The van der Waals surface area contributed by atoms with Crippen molar-refractivity contribution in [3.8, 4) is 0 Å². The third-order valence-corrected chi connectivity index (χ3v) is 10.6. The first-order valence-electron chi connectivity index (χ1n) is 20.1. The standard InChI is InChI=1S/C7H8BBrO2.C7H6BNO4.C7H8BNO2.C7H9BO3.C7H7BO2.C7H9BO2/c9-5-6-3-1-2-4-7(6)8(10)11;10-8-7-3-6(9(11)12)2-1-5(7)4-13-8;9-6-2-1-5-4-11-8(10)7(5)3-6;9-5-6-3-1-2-4-7(6)8(10)11;9-8-7-4-2-1-3-6(7)5-10-8;1-6-4-2-3-5-7(6)8(9)10/h1-4,10-11H,5H2;1-3,10H,4H2;1-3,10H,4,9H2;1-4,9-11H,5H2;1-4,9H,5H2;2-5,9-10H,1H3. The average molecular weight is 965 g/mol. The predicted octanol–water partition coefficient (Wildman–Crippen LogP) is -2.00. The number of nitro groups is 1. The summed E-state index contributed by atoms with van der Waals surface area (Å²) in [5.74, 6) is 0. The summed E-state index contributed by atoms with van der Waals surface area (Å²) >= 11 is 3.25. The van der Waals surface area contributed by atoms with E-state index in [0.717, 1.165) is 38.7 Å². The SMILES string of the molecule is Cc1ccccc1B(O)O.Nc1ccc2c(c1)B(O)OC2.O=[N+]([O-])c1ccc2c(c1)B(O)OC2.OB(O)c1ccccc1CBr.OB1OCc2ccccc21.OCc1ccccc1B(O)O. The van der Waals surface area contributed by atoms with Gasteiger partial charge in [-0.2, -0.15) is 0 Å². The third-order valence-electron chi connectivity index (χ3n) is 10.0. The largest absolute Gasteiger partial charge is 0.492 e. The Labute approximate surface area is 391 Å². The van der Waals surface area contributed by atoms with E-state index < -0.39 is 47.6 Å². The Kier molecular flexibility index (Phi) is 21.8. The molecule has 0 fully saturated rings. The molecule has 0 aromatic heterocycles. The lowest BCUT2D eigenvalue weighted by Crippen LogP contribution is -2.32. The first kappa shape index (κ1) is 53.5. The fourth-order valence-electron chi connectivity index (χ4n) is 6.43. The molecule has 6 aromatic rings. The van der Waals surface area contributed by atoms with Crippen LogP contribution in [0.15, 0.2) is 133 Å². The molecule has 0 radical (unpaired) electrons. The minimum atomic E-state index is -1.50. The Bertz CT molecular complexity index is 2420. The van der Waals surface area contributed by atoms with Crippen LogP contribution in [-0.2, 0) is 45.7 Å². The highest BCUT2D eigenvalue weighted by Crippen LogP contribution is 2.16. The van der Waals surface area contributed by atoms with Crippen LogP contribution in [0.4, 0.5) is 11.4 Å². The minimum Gasteiger partial charge on any atom is -0.423 e. The smallest absolute Gasteiger partial charge is 0.423 e. The summed E-state index contributed by atoms with van der Waals surface area (Å²) in [6, 6.07) is 38.5. The zero-order valence-electron chi connectivity index (χ0n) is 35.6. The summed E-state index contributed by atoms with van der Waals surface area (Å²) in [4.78, 5) is 9.90. The number of alkyl halides is 1. The fourth-order valence-corrected chi connectivity index (χ4v) is 6.94. The van der Waals surface area contributed by atoms with Gasteiger partial charge in [0.2, 0.25) is 0 Å². The van der Waals surface area contributed by atoms with E-state index in [1.165, 1.54) is 12.1 Å². The quantitative estimate of drug-likeness (QED) is 0.0283. The lowest BCUT2D eigenvalue weighted by Gasteiger charge is -2.03. The van der Waals surface area contributed by atoms with Crippen LogP contribution in [0.1, 0.15) is 33.4 Å². The number of aliphatic hydroxyl groups excluding tert-OH is 1. The van der Waals surface area contributed by atoms with Gasteiger partial charge in [0.1, 0.15) is 0 Å². The first-order chi connectivity index (χ1) is 31.6. The molecule has 0 unspecified atom stereocenters. The minimum absolute atomic E-state index is 0.0247. The molecule has 24 heteroatoms. The van der Waals surface area contributed by atoms with Crippen molar-refractivity contribution in [3.05, 3.63) is 177 Å². The Balaban J connectivity index is 0.000000174. The van der Waals surface area contributed by atoms with Crippen LogP contribution in [0, 0.1) is 17.0 Å².